The van der Waals surface area contributed by atoms with Crippen LogP contribution in [0.1, 0.15) is 56.6 Å². The number of benzene rings is 2. The van der Waals surface area contributed by atoms with E-state index in [1.54, 1.807) is 0 Å². The van der Waals surface area contributed by atoms with Crippen LogP contribution in [0.4, 0.5) is 0 Å². The van der Waals surface area contributed by atoms with Crippen LogP contribution in [0.3, 0.4) is 0 Å². The van der Waals surface area contributed by atoms with Gasteiger partial charge in [-0.3, -0.25) is 0 Å². The van der Waals surface area contributed by atoms with Crippen LogP contribution in [0.2, 0.25) is 0 Å². The number of hydrogen-bond acceptors (Lipinski definition) is 1. The number of rotatable bonds is 3. The molecular weight excluding hydrogens is 242 g/mol. The van der Waals surface area contributed by atoms with Crippen LogP contribution in [0.15, 0.2) is 48.5 Å². The minimum atomic E-state index is -1.60. The van der Waals surface area contributed by atoms with Crippen molar-refractivity contribution in [3.8, 4) is 0 Å². The molecule has 2 N–H and O–H groups in total. The fourth-order valence-electron chi connectivity index (χ4n) is 4.44. The maximum atomic E-state index is 7.74. The van der Waals surface area contributed by atoms with E-state index in [1.165, 1.54) is 22.3 Å². The van der Waals surface area contributed by atoms with Gasteiger partial charge in [0.05, 0.1) is 0 Å². The molecule has 0 atom stereocenters. The third kappa shape index (κ3) is 1.47. The Bertz CT molecular complexity index is 670. The highest BCUT2D eigenvalue weighted by Gasteiger charge is 2.47. The number of nitrogens with two attached hydrogens (primary N) is 1. The highest BCUT2D eigenvalue weighted by Crippen LogP contribution is 2.57. The summed E-state index contributed by atoms with van der Waals surface area (Å²) in [6.07, 6.45) is 3.42. The Hall–Kier alpha value is -1.60. The molecule has 0 saturated heterocycles. The molecule has 5 rings (SSSR count). The van der Waals surface area contributed by atoms with E-state index in [0.29, 0.717) is 12.3 Å². The van der Waals surface area contributed by atoms with E-state index >= 15 is 0 Å². The molecule has 0 spiro atoms. The zero-order chi connectivity index (χ0) is 15.4. The Labute approximate surface area is 123 Å². The molecule has 2 aromatic rings. The van der Waals surface area contributed by atoms with Crippen molar-refractivity contribution >= 4 is 0 Å². The van der Waals surface area contributed by atoms with Crippen LogP contribution in [0.5, 0.6) is 0 Å². The summed E-state index contributed by atoms with van der Waals surface area (Å²) in [4.78, 5) is 0. The summed E-state index contributed by atoms with van der Waals surface area (Å²) in [5.74, 6) is 0.504. The molecule has 2 aromatic carbocycles. The predicted molar refractivity (Wildman–Crippen MR) is 83.0 cm³/mol. The standard InChI is InChI=1S/C19H21N/c20-13-5-11-19-12-10-14(15-6-1-3-8-17(15)19)16-7-2-4-9-18(16)19/h1-4,6-9,14H,5,10-13,20H2/i13D2. The SMILES string of the molecule is [2H]C([2H])(N)CCC12CCC(c3ccccc31)c1ccccc12. The minimum Gasteiger partial charge on any atom is -0.330 e. The fourth-order valence-corrected chi connectivity index (χ4v) is 4.44. The van der Waals surface area contributed by atoms with Crippen molar-refractivity contribution in [3.05, 3.63) is 70.8 Å². The molecule has 1 heteroatoms. The molecule has 0 radical (unpaired) electrons. The van der Waals surface area contributed by atoms with Gasteiger partial charge in [0.1, 0.15) is 0 Å². The van der Waals surface area contributed by atoms with E-state index in [4.69, 9.17) is 8.48 Å². The highest BCUT2D eigenvalue weighted by atomic mass is 14.5. The first kappa shape index (κ1) is 10.2. The van der Waals surface area contributed by atoms with Crippen LogP contribution in [-0.2, 0) is 5.41 Å². The van der Waals surface area contributed by atoms with Crippen LogP contribution < -0.4 is 5.73 Å². The van der Waals surface area contributed by atoms with Gasteiger partial charge >= 0.3 is 0 Å². The molecule has 3 aliphatic rings. The fraction of sp³-hybridized carbons (Fsp3) is 0.368. The normalized spacial score (nSPS) is 28.4. The third-order valence-electron chi connectivity index (χ3n) is 5.26. The van der Waals surface area contributed by atoms with Crippen molar-refractivity contribution in [3.63, 3.8) is 0 Å². The molecule has 0 amide bonds. The lowest BCUT2D eigenvalue weighted by Crippen LogP contribution is -2.40. The van der Waals surface area contributed by atoms with Gasteiger partial charge in [0.15, 0.2) is 0 Å². The molecule has 0 saturated carbocycles. The zero-order valence-corrected chi connectivity index (χ0v) is 11.6. The van der Waals surface area contributed by atoms with Crippen LogP contribution in [-0.4, -0.2) is 6.50 Å². The van der Waals surface area contributed by atoms with Crippen LogP contribution in [0.25, 0.3) is 0 Å². The Morgan fingerprint density at radius 1 is 1.05 bits per heavy atom. The van der Waals surface area contributed by atoms with Gasteiger partial charge in [0.2, 0.25) is 0 Å². The smallest absolute Gasteiger partial charge is 0.0425 e. The molecule has 102 valence electrons. The quantitative estimate of drug-likeness (QED) is 0.893. The Morgan fingerprint density at radius 2 is 1.65 bits per heavy atom. The van der Waals surface area contributed by atoms with Crippen molar-refractivity contribution in [2.24, 2.45) is 5.73 Å². The van der Waals surface area contributed by atoms with Gasteiger partial charge in [-0.05, 0) is 54.4 Å². The van der Waals surface area contributed by atoms with E-state index in [2.05, 4.69) is 48.5 Å². The molecule has 20 heavy (non-hydrogen) atoms. The first-order valence-corrected chi connectivity index (χ1v) is 7.49. The highest BCUT2D eigenvalue weighted by molar-refractivity contribution is 5.58. The third-order valence-corrected chi connectivity index (χ3v) is 5.26. The molecule has 1 nitrogen and oxygen atoms in total. The summed E-state index contributed by atoms with van der Waals surface area (Å²) in [7, 11) is 0. The van der Waals surface area contributed by atoms with Gasteiger partial charge in [0, 0.05) is 14.1 Å². The summed E-state index contributed by atoms with van der Waals surface area (Å²) in [5.41, 5.74) is 11.3. The lowest BCUT2D eigenvalue weighted by molar-refractivity contribution is 0.344. The second kappa shape index (κ2) is 4.46. The van der Waals surface area contributed by atoms with Crippen molar-refractivity contribution in [1.82, 2.24) is 0 Å². The van der Waals surface area contributed by atoms with E-state index in [1.807, 2.05) is 0 Å². The summed E-state index contributed by atoms with van der Waals surface area (Å²) in [6.45, 7) is -1.60. The largest absolute Gasteiger partial charge is 0.330 e. The van der Waals surface area contributed by atoms with Crippen LogP contribution in [0, 0.1) is 0 Å². The molecule has 2 bridgehead atoms. The zero-order valence-electron chi connectivity index (χ0n) is 13.6. The van der Waals surface area contributed by atoms with Crippen molar-refractivity contribution in [2.45, 2.75) is 37.0 Å². The lowest BCUT2D eigenvalue weighted by atomic mass is 9.54. The first-order chi connectivity index (χ1) is 10.5. The van der Waals surface area contributed by atoms with Crippen molar-refractivity contribution in [1.29, 1.82) is 0 Å². The average Bonchev–Trinajstić information content (AvgIpc) is 2.53. The molecule has 0 heterocycles. The molecule has 3 aliphatic carbocycles. The lowest BCUT2D eigenvalue weighted by Gasteiger charge is -2.49. The van der Waals surface area contributed by atoms with Crippen molar-refractivity contribution < 1.29 is 2.74 Å². The first-order valence-electron chi connectivity index (χ1n) is 8.49. The molecule has 0 aliphatic heterocycles. The van der Waals surface area contributed by atoms with Gasteiger partial charge in [-0.2, -0.15) is 0 Å². The van der Waals surface area contributed by atoms with Gasteiger partial charge in [-0.25, -0.2) is 0 Å². The Morgan fingerprint density at radius 3 is 2.25 bits per heavy atom. The Kier molecular flexibility index (Phi) is 2.27. The summed E-state index contributed by atoms with van der Waals surface area (Å²) < 4.78 is 15.5. The van der Waals surface area contributed by atoms with E-state index in [0.717, 1.165) is 19.3 Å². The average molecular weight is 265 g/mol. The maximum Gasteiger partial charge on any atom is 0.0425 e. The summed E-state index contributed by atoms with van der Waals surface area (Å²) >= 11 is 0. The minimum absolute atomic E-state index is 0.0609. The van der Waals surface area contributed by atoms with E-state index in [-0.39, 0.29) is 5.41 Å². The summed E-state index contributed by atoms with van der Waals surface area (Å²) in [6, 6.07) is 17.5. The topological polar surface area (TPSA) is 26.0 Å². The van der Waals surface area contributed by atoms with Gasteiger partial charge in [-0.1, -0.05) is 48.5 Å². The molecule has 0 fully saturated rings. The van der Waals surface area contributed by atoms with Gasteiger partial charge < -0.3 is 5.73 Å². The van der Waals surface area contributed by atoms with Crippen molar-refractivity contribution in [2.75, 3.05) is 6.50 Å². The van der Waals surface area contributed by atoms with Gasteiger partial charge in [-0.15, -0.1) is 0 Å². The predicted octanol–water partition coefficient (Wildman–Crippen LogP) is 3.95. The summed E-state index contributed by atoms with van der Waals surface area (Å²) in [5, 5.41) is 0. The number of hydrogen-bond donors (Lipinski definition) is 1. The molecular formula is C19H21N. The molecule has 0 unspecified atom stereocenters. The second-order valence-corrected chi connectivity index (χ2v) is 6.05. The molecule has 0 aromatic heterocycles. The van der Waals surface area contributed by atoms with Crippen LogP contribution >= 0.6 is 0 Å². The monoisotopic (exact) mass is 265 g/mol. The maximum absolute atomic E-state index is 7.74. The van der Waals surface area contributed by atoms with E-state index in [9.17, 15) is 0 Å². The van der Waals surface area contributed by atoms with Gasteiger partial charge in [0.25, 0.3) is 0 Å². The van der Waals surface area contributed by atoms with E-state index < -0.39 is 6.50 Å². The Balaban J connectivity index is 1.89. The second-order valence-electron chi connectivity index (χ2n) is 6.05. The number of fused-ring (bicyclic) bond motifs is 1.